The summed E-state index contributed by atoms with van der Waals surface area (Å²) < 4.78 is 36.5. The van der Waals surface area contributed by atoms with Crippen molar-refractivity contribution in [2.75, 3.05) is 0 Å². The van der Waals surface area contributed by atoms with E-state index < -0.39 is 23.4 Å². The van der Waals surface area contributed by atoms with E-state index in [9.17, 15) is 13.2 Å². The average molecular weight is 212 g/mol. The van der Waals surface area contributed by atoms with Gasteiger partial charge in [0.2, 0.25) is 0 Å². The number of nitrogens with zero attached hydrogens (tertiary/aromatic N) is 1. The summed E-state index contributed by atoms with van der Waals surface area (Å²) in [5.41, 5.74) is -1.06. The van der Waals surface area contributed by atoms with Crippen molar-refractivity contribution in [3.8, 4) is 0 Å². The lowest BCUT2D eigenvalue weighted by molar-refractivity contribution is -0.137. The van der Waals surface area contributed by atoms with Crippen molar-refractivity contribution < 1.29 is 18.3 Å². The molecule has 13 heavy (non-hydrogen) atoms. The van der Waals surface area contributed by atoms with Crippen molar-refractivity contribution in [1.82, 2.24) is 4.98 Å². The van der Waals surface area contributed by atoms with Crippen LogP contribution < -0.4 is 0 Å². The molecule has 0 aliphatic heterocycles. The van der Waals surface area contributed by atoms with Gasteiger partial charge in [-0.1, -0.05) is 11.6 Å². The number of pyridine rings is 1. The van der Waals surface area contributed by atoms with Gasteiger partial charge in [-0.3, -0.25) is 4.98 Å². The molecule has 2 nitrogen and oxygen atoms in total. The van der Waals surface area contributed by atoms with Gasteiger partial charge in [-0.15, -0.1) is 0 Å². The molecule has 0 fully saturated rings. The van der Waals surface area contributed by atoms with Crippen LogP contribution in [-0.2, 0) is 12.8 Å². The number of halogens is 4. The first-order valence-electron chi connectivity index (χ1n) is 3.27. The molecule has 1 heterocycles. The third-order valence-electron chi connectivity index (χ3n) is 1.43. The van der Waals surface area contributed by atoms with E-state index >= 15 is 0 Å². The fraction of sp³-hybridized carbons (Fsp3) is 0.286. The average Bonchev–Trinajstić information content (AvgIpc) is 2.02. The van der Waals surface area contributed by atoms with Gasteiger partial charge in [0.25, 0.3) is 0 Å². The van der Waals surface area contributed by atoms with Crippen LogP contribution in [0.5, 0.6) is 0 Å². The zero-order valence-corrected chi connectivity index (χ0v) is 7.02. The van der Waals surface area contributed by atoms with E-state index in [0.29, 0.717) is 6.20 Å². The molecule has 0 radical (unpaired) electrons. The molecule has 0 amide bonds. The first-order valence-corrected chi connectivity index (χ1v) is 3.65. The molecule has 0 spiro atoms. The number of alkyl halides is 3. The van der Waals surface area contributed by atoms with Crippen LogP contribution in [0.4, 0.5) is 13.2 Å². The third kappa shape index (κ3) is 2.10. The Hall–Kier alpha value is -0.810. The second kappa shape index (κ2) is 3.51. The summed E-state index contributed by atoms with van der Waals surface area (Å²) in [6.45, 7) is -0.560. The fourth-order valence-electron chi connectivity index (χ4n) is 0.796. The number of hydrogen-bond acceptors (Lipinski definition) is 2. The Balaban J connectivity index is 3.24. The number of aliphatic hydroxyl groups is 1. The molecule has 6 heteroatoms. The number of hydrogen-bond donors (Lipinski definition) is 1. The lowest BCUT2D eigenvalue weighted by Gasteiger charge is -2.09. The Bertz CT molecular complexity index is 313. The number of rotatable bonds is 1. The maximum atomic E-state index is 12.2. The molecule has 0 aromatic carbocycles. The van der Waals surface area contributed by atoms with Gasteiger partial charge < -0.3 is 5.11 Å². The maximum Gasteiger partial charge on any atom is 0.419 e. The van der Waals surface area contributed by atoms with E-state index in [1.807, 2.05) is 0 Å². The van der Waals surface area contributed by atoms with Crippen LogP contribution in [0.1, 0.15) is 11.1 Å². The van der Waals surface area contributed by atoms with E-state index in [4.69, 9.17) is 16.7 Å². The van der Waals surface area contributed by atoms with Crippen LogP contribution in [0, 0.1) is 0 Å². The summed E-state index contributed by atoms with van der Waals surface area (Å²) in [7, 11) is 0. The van der Waals surface area contributed by atoms with E-state index in [2.05, 4.69) is 4.98 Å². The second-order valence-electron chi connectivity index (χ2n) is 2.32. The highest BCUT2D eigenvalue weighted by Crippen LogP contribution is 2.35. The van der Waals surface area contributed by atoms with Crippen molar-refractivity contribution in [2.24, 2.45) is 0 Å². The predicted octanol–water partition coefficient (Wildman–Crippen LogP) is 2.25. The molecule has 0 bridgehead atoms. The zero-order chi connectivity index (χ0) is 10.1. The van der Waals surface area contributed by atoms with Crippen LogP contribution in [0.2, 0.25) is 5.02 Å². The maximum absolute atomic E-state index is 12.2. The van der Waals surface area contributed by atoms with Gasteiger partial charge in [0.1, 0.15) is 0 Å². The Kier molecular flexibility index (Phi) is 2.77. The van der Waals surface area contributed by atoms with Crippen LogP contribution in [0.25, 0.3) is 0 Å². The first-order chi connectivity index (χ1) is 5.96. The minimum atomic E-state index is -4.53. The molecule has 0 aliphatic carbocycles. The van der Waals surface area contributed by atoms with Gasteiger partial charge in [-0.2, -0.15) is 13.2 Å². The summed E-state index contributed by atoms with van der Waals surface area (Å²) >= 11 is 5.37. The minimum Gasteiger partial charge on any atom is -0.392 e. The molecule has 0 unspecified atom stereocenters. The Labute approximate surface area is 77.0 Å². The monoisotopic (exact) mass is 211 g/mol. The molecular formula is C7H5ClF3NO. The third-order valence-corrected chi connectivity index (χ3v) is 1.87. The summed E-state index contributed by atoms with van der Waals surface area (Å²) in [5.74, 6) is 0. The van der Waals surface area contributed by atoms with Crippen molar-refractivity contribution in [2.45, 2.75) is 12.8 Å². The fourth-order valence-corrected chi connectivity index (χ4v) is 1.06. The highest BCUT2D eigenvalue weighted by molar-refractivity contribution is 6.32. The number of aromatic nitrogens is 1. The molecule has 0 atom stereocenters. The lowest BCUT2D eigenvalue weighted by Crippen LogP contribution is -2.08. The van der Waals surface area contributed by atoms with E-state index in [1.54, 1.807) is 0 Å². The predicted molar refractivity (Wildman–Crippen MR) is 40.2 cm³/mol. The van der Waals surface area contributed by atoms with Gasteiger partial charge >= 0.3 is 6.18 Å². The normalized spacial score (nSPS) is 11.8. The van der Waals surface area contributed by atoms with E-state index in [0.717, 1.165) is 6.20 Å². The summed E-state index contributed by atoms with van der Waals surface area (Å²) in [6.07, 6.45) is -2.81. The Morgan fingerprint density at radius 1 is 1.38 bits per heavy atom. The molecule has 72 valence electrons. The Morgan fingerprint density at radius 3 is 2.46 bits per heavy atom. The van der Waals surface area contributed by atoms with Gasteiger partial charge in [0.15, 0.2) is 0 Å². The molecule has 1 aromatic rings. The topological polar surface area (TPSA) is 33.1 Å². The van der Waals surface area contributed by atoms with E-state index in [1.165, 1.54) is 0 Å². The first kappa shape index (κ1) is 10.3. The van der Waals surface area contributed by atoms with Crippen LogP contribution in [0.15, 0.2) is 12.4 Å². The summed E-state index contributed by atoms with van der Waals surface area (Å²) in [4.78, 5) is 3.32. The van der Waals surface area contributed by atoms with Crippen LogP contribution in [0.3, 0.4) is 0 Å². The molecular weight excluding hydrogens is 207 g/mol. The standard InChI is InChI=1S/C7H5ClF3NO/c8-6-4(3-13)1-12-2-5(6)7(9,10)11/h1-2,13H,3H2. The summed E-state index contributed by atoms with van der Waals surface area (Å²) in [6, 6.07) is 0. The smallest absolute Gasteiger partial charge is 0.392 e. The Morgan fingerprint density at radius 2 is 2.00 bits per heavy atom. The molecule has 1 N–H and O–H groups in total. The van der Waals surface area contributed by atoms with Gasteiger partial charge in [0, 0.05) is 18.0 Å². The lowest BCUT2D eigenvalue weighted by atomic mass is 10.2. The second-order valence-corrected chi connectivity index (χ2v) is 2.69. The minimum absolute atomic E-state index is 0.0310. The quantitative estimate of drug-likeness (QED) is 0.773. The zero-order valence-electron chi connectivity index (χ0n) is 6.27. The molecule has 0 saturated heterocycles. The van der Waals surface area contributed by atoms with Crippen molar-refractivity contribution in [3.05, 3.63) is 28.5 Å². The van der Waals surface area contributed by atoms with Crippen molar-refractivity contribution in [3.63, 3.8) is 0 Å². The van der Waals surface area contributed by atoms with Crippen LogP contribution in [-0.4, -0.2) is 10.1 Å². The largest absolute Gasteiger partial charge is 0.419 e. The van der Waals surface area contributed by atoms with Gasteiger partial charge in [-0.25, -0.2) is 0 Å². The number of aliphatic hydroxyl groups excluding tert-OH is 1. The SMILES string of the molecule is OCc1cncc(C(F)(F)F)c1Cl. The van der Waals surface area contributed by atoms with Crippen molar-refractivity contribution >= 4 is 11.6 Å². The summed E-state index contributed by atoms with van der Waals surface area (Å²) in [5, 5.41) is 8.12. The molecule has 0 saturated carbocycles. The molecule has 1 rings (SSSR count). The highest BCUT2D eigenvalue weighted by atomic mass is 35.5. The van der Waals surface area contributed by atoms with Gasteiger partial charge in [-0.05, 0) is 0 Å². The van der Waals surface area contributed by atoms with Gasteiger partial charge in [0.05, 0.1) is 17.2 Å². The van der Waals surface area contributed by atoms with Crippen molar-refractivity contribution in [1.29, 1.82) is 0 Å². The van der Waals surface area contributed by atoms with E-state index in [-0.39, 0.29) is 5.56 Å². The molecule has 0 aliphatic rings. The van der Waals surface area contributed by atoms with Crippen LogP contribution >= 0.6 is 11.6 Å². The highest BCUT2D eigenvalue weighted by Gasteiger charge is 2.34. The molecule has 1 aromatic heterocycles.